The number of urea groups is 1. The molecular weight excluding hydrogens is 352 g/mol. The highest BCUT2D eigenvalue weighted by molar-refractivity contribution is 5.74. The third-order valence-corrected chi connectivity index (χ3v) is 5.57. The number of halogens is 2. The number of piperidine rings is 1. The van der Waals surface area contributed by atoms with E-state index in [9.17, 15) is 13.6 Å². The molecule has 0 spiro atoms. The number of aromatic nitrogens is 3. The van der Waals surface area contributed by atoms with Crippen molar-refractivity contribution in [3.63, 3.8) is 0 Å². The van der Waals surface area contributed by atoms with E-state index in [1.165, 1.54) is 0 Å². The lowest BCUT2D eigenvalue weighted by Gasteiger charge is -2.34. The summed E-state index contributed by atoms with van der Waals surface area (Å²) in [7, 11) is 0. The maximum absolute atomic E-state index is 13.8. The zero-order valence-corrected chi connectivity index (χ0v) is 15.1. The Kier molecular flexibility index (Phi) is 5.05. The van der Waals surface area contributed by atoms with Crippen LogP contribution in [0.4, 0.5) is 13.6 Å². The minimum atomic E-state index is -0.799. The van der Waals surface area contributed by atoms with Crippen LogP contribution in [-0.4, -0.2) is 44.8 Å². The molecule has 8 heteroatoms. The molecule has 0 bridgehead atoms. The summed E-state index contributed by atoms with van der Waals surface area (Å²) in [4.78, 5) is 18.5. The van der Waals surface area contributed by atoms with Gasteiger partial charge in [0.2, 0.25) is 0 Å². The number of carbonyl (C=O) groups excluding carboxylic acids is 1. The van der Waals surface area contributed by atoms with Gasteiger partial charge in [-0.25, -0.2) is 23.2 Å². The number of hydrogen-bond acceptors (Lipinski definition) is 3. The number of nitrogens with one attached hydrogen (secondary N) is 1. The second-order valence-electron chi connectivity index (χ2n) is 7.39. The van der Waals surface area contributed by atoms with Crippen LogP contribution in [0.5, 0.6) is 0 Å². The molecule has 1 saturated heterocycles. The van der Waals surface area contributed by atoms with Crippen LogP contribution in [0.1, 0.15) is 30.7 Å². The highest BCUT2D eigenvalue weighted by atomic mass is 19.2. The monoisotopic (exact) mass is 375 g/mol. The maximum Gasteiger partial charge on any atom is 0.317 e. The molecule has 0 aliphatic carbocycles. The quantitative estimate of drug-likeness (QED) is 0.897. The van der Waals surface area contributed by atoms with Crippen LogP contribution >= 0.6 is 0 Å². The first-order valence-electron chi connectivity index (χ1n) is 9.45. The van der Waals surface area contributed by atoms with Gasteiger partial charge in [0.1, 0.15) is 12.2 Å². The fourth-order valence-electron chi connectivity index (χ4n) is 3.98. The molecule has 2 amide bonds. The van der Waals surface area contributed by atoms with Crippen molar-refractivity contribution in [1.82, 2.24) is 25.0 Å². The van der Waals surface area contributed by atoms with E-state index in [0.717, 1.165) is 37.6 Å². The Labute approximate surface area is 156 Å². The van der Waals surface area contributed by atoms with Gasteiger partial charge in [-0.1, -0.05) is 12.1 Å². The largest absolute Gasteiger partial charge is 0.333 e. The average Bonchev–Trinajstić information content (AvgIpc) is 3.14. The van der Waals surface area contributed by atoms with Crippen molar-refractivity contribution in [2.45, 2.75) is 44.7 Å². The third kappa shape index (κ3) is 3.94. The average molecular weight is 375 g/mol. The summed E-state index contributed by atoms with van der Waals surface area (Å²) >= 11 is 0. The lowest BCUT2D eigenvalue weighted by atomic mass is 9.90. The highest BCUT2D eigenvalue weighted by Gasteiger charge is 2.27. The lowest BCUT2D eigenvalue weighted by molar-refractivity contribution is 0.163. The van der Waals surface area contributed by atoms with Crippen LogP contribution in [0.3, 0.4) is 0 Å². The van der Waals surface area contributed by atoms with Gasteiger partial charge in [-0.05, 0) is 43.2 Å². The first kappa shape index (κ1) is 17.9. The predicted molar refractivity (Wildman–Crippen MR) is 95.0 cm³/mol. The number of aryl methyl sites for hydroxylation is 1. The summed E-state index contributed by atoms with van der Waals surface area (Å²) in [5, 5.41) is 7.26. The minimum Gasteiger partial charge on any atom is -0.333 e. The predicted octanol–water partition coefficient (Wildman–Crippen LogP) is 2.54. The first-order valence-corrected chi connectivity index (χ1v) is 9.45. The highest BCUT2D eigenvalue weighted by Crippen LogP contribution is 2.24. The Morgan fingerprint density at radius 3 is 2.85 bits per heavy atom. The van der Waals surface area contributed by atoms with Crippen molar-refractivity contribution >= 4 is 6.03 Å². The minimum absolute atomic E-state index is 0.0565. The summed E-state index contributed by atoms with van der Waals surface area (Å²) in [5.74, 6) is -0.321. The normalized spacial score (nSPS) is 20.4. The van der Waals surface area contributed by atoms with Gasteiger partial charge in [-0.3, -0.25) is 0 Å². The van der Waals surface area contributed by atoms with E-state index < -0.39 is 11.6 Å². The van der Waals surface area contributed by atoms with Gasteiger partial charge in [0.15, 0.2) is 11.6 Å². The fraction of sp³-hybridized carbons (Fsp3) is 0.526. The zero-order valence-electron chi connectivity index (χ0n) is 15.1. The van der Waals surface area contributed by atoms with Crippen molar-refractivity contribution in [3.8, 4) is 0 Å². The van der Waals surface area contributed by atoms with Crippen molar-refractivity contribution in [2.75, 3.05) is 13.1 Å². The van der Waals surface area contributed by atoms with Gasteiger partial charge in [0.05, 0.1) is 12.6 Å². The van der Waals surface area contributed by atoms with Crippen molar-refractivity contribution in [2.24, 2.45) is 5.92 Å². The van der Waals surface area contributed by atoms with Gasteiger partial charge >= 0.3 is 6.03 Å². The number of likely N-dealkylation sites (tertiary alicyclic amines) is 1. The molecule has 1 aromatic heterocycles. The molecule has 3 heterocycles. The van der Waals surface area contributed by atoms with E-state index in [1.807, 2.05) is 9.58 Å². The lowest BCUT2D eigenvalue weighted by Crippen LogP contribution is -2.50. The van der Waals surface area contributed by atoms with Crippen molar-refractivity contribution in [1.29, 1.82) is 0 Å². The number of carbonyl (C=O) groups is 1. The van der Waals surface area contributed by atoms with E-state index in [4.69, 9.17) is 0 Å². The number of fused-ring (bicyclic) bond motifs is 1. The molecule has 1 atom stereocenters. The Morgan fingerprint density at radius 2 is 2.04 bits per heavy atom. The Morgan fingerprint density at radius 1 is 1.22 bits per heavy atom. The van der Waals surface area contributed by atoms with Crippen LogP contribution in [0.25, 0.3) is 0 Å². The molecule has 1 N–H and O–H groups in total. The molecule has 2 aliphatic heterocycles. The maximum atomic E-state index is 13.8. The van der Waals surface area contributed by atoms with E-state index in [-0.39, 0.29) is 18.0 Å². The molecule has 2 aromatic rings. The Hall–Kier alpha value is -2.51. The van der Waals surface area contributed by atoms with Gasteiger partial charge in [-0.15, -0.1) is 0 Å². The summed E-state index contributed by atoms with van der Waals surface area (Å²) in [6.07, 6.45) is 5.32. The summed E-state index contributed by atoms with van der Waals surface area (Å²) in [6.45, 7) is 1.92. The van der Waals surface area contributed by atoms with Crippen LogP contribution in [0, 0.1) is 17.6 Å². The number of hydrogen-bond donors (Lipinski definition) is 1. The van der Waals surface area contributed by atoms with E-state index in [0.29, 0.717) is 31.6 Å². The van der Waals surface area contributed by atoms with Crippen LogP contribution in [0.15, 0.2) is 24.5 Å². The zero-order chi connectivity index (χ0) is 18.8. The van der Waals surface area contributed by atoms with Crippen molar-refractivity contribution in [3.05, 3.63) is 47.5 Å². The molecule has 144 valence electrons. The van der Waals surface area contributed by atoms with Crippen LogP contribution in [-0.2, 0) is 19.4 Å². The van der Waals surface area contributed by atoms with Gasteiger partial charge in [0.25, 0.3) is 0 Å². The Bertz CT molecular complexity index is 816. The Balaban J connectivity index is 1.26. The summed E-state index contributed by atoms with van der Waals surface area (Å²) in [6, 6.07) is 4.32. The summed E-state index contributed by atoms with van der Waals surface area (Å²) < 4.78 is 29.0. The molecule has 0 radical (unpaired) electrons. The molecule has 1 aromatic carbocycles. The standard InChI is InChI=1S/C19H23F2N5O/c20-16-3-1-2-14(18(16)21)10-13-6-8-25(9-7-13)19(27)24-15-4-5-17-22-12-23-26(17)11-15/h1-3,12-13,15H,4-11H2,(H,24,27). The molecule has 4 rings (SSSR count). The molecule has 2 aliphatic rings. The SMILES string of the molecule is O=C(NC1CCc2ncnn2C1)N1CCC(Cc2cccc(F)c2F)CC1. The number of nitrogens with zero attached hydrogens (tertiary/aromatic N) is 4. The third-order valence-electron chi connectivity index (χ3n) is 5.57. The van der Waals surface area contributed by atoms with Crippen LogP contribution in [0.2, 0.25) is 0 Å². The van der Waals surface area contributed by atoms with E-state index >= 15 is 0 Å². The molecule has 1 fully saturated rings. The topological polar surface area (TPSA) is 63.1 Å². The molecule has 0 saturated carbocycles. The smallest absolute Gasteiger partial charge is 0.317 e. The number of benzene rings is 1. The number of rotatable bonds is 3. The molecule has 27 heavy (non-hydrogen) atoms. The first-order chi connectivity index (χ1) is 13.1. The molecule has 6 nitrogen and oxygen atoms in total. The second kappa shape index (κ2) is 7.62. The van der Waals surface area contributed by atoms with Gasteiger partial charge in [-0.2, -0.15) is 5.10 Å². The van der Waals surface area contributed by atoms with E-state index in [1.54, 1.807) is 18.5 Å². The molecule has 1 unspecified atom stereocenters. The number of amides is 2. The van der Waals surface area contributed by atoms with Gasteiger partial charge < -0.3 is 10.2 Å². The van der Waals surface area contributed by atoms with Gasteiger partial charge in [0, 0.05) is 19.5 Å². The summed E-state index contributed by atoms with van der Waals surface area (Å²) in [5.41, 5.74) is 0.420. The van der Waals surface area contributed by atoms with Crippen molar-refractivity contribution < 1.29 is 13.6 Å². The van der Waals surface area contributed by atoms with E-state index in [2.05, 4.69) is 15.4 Å². The molecular formula is C19H23F2N5O. The van der Waals surface area contributed by atoms with Crippen LogP contribution < -0.4 is 5.32 Å². The second-order valence-corrected chi connectivity index (χ2v) is 7.39. The fourth-order valence-corrected chi connectivity index (χ4v) is 3.98.